The van der Waals surface area contributed by atoms with E-state index in [1.54, 1.807) is 54.6 Å². The van der Waals surface area contributed by atoms with Crippen molar-refractivity contribution in [1.82, 2.24) is 0 Å². The highest BCUT2D eigenvalue weighted by Crippen LogP contribution is 2.25. The van der Waals surface area contributed by atoms with Crippen LogP contribution in [0.1, 0.15) is 0 Å². The summed E-state index contributed by atoms with van der Waals surface area (Å²) < 4.78 is 27.6. The van der Waals surface area contributed by atoms with Gasteiger partial charge in [0.1, 0.15) is 0 Å². The van der Waals surface area contributed by atoms with Crippen molar-refractivity contribution in [1.29, 1.82) is 0 Å². The van der Waals surface area contributed by atoms with Crippen molar-refractivity contribution in [3.05, 3.63) is 83.9 Å². The van der Waals surface area contributed by atoms with E-state index in [1.165, 1.54) is 23.9 Å². The molecule has 0 radical (unpaired) electrons. The van der Waals surface area contributed by atoms with Crippen LogP contribution in [0.2, 0.25) is 5.02 Å². The van der Waals surface area contributed by atoms with Gasteiger partial charge in [0.25, 0.3) is 10.0 Å². The molecule has 0 unspecified atom stereocenters. The Hall–Kier alpha value is -2.48. The highest BCUT2D eigenvalue weighted by molar-refractivity contribution is 8.00. The number of thioether (sulfide) groups is 1. The molecular weight excluding hydrogens is 416 g/mol. The molecule has 144 valence electrons. The van der Waals surface area contributed by atoms with Crippen molar-refractivity contribution >= 4 is 50.7 Å². The molecule has 2 N–H and O–H groups in total. The predicted octanol–water partition coefficient (Wildman–Crippen LogP) is 4.87. The maximum Gasteiger partial charge on any atom is 0.261 e. The zero-order valence-electron chi connectivity index (χ0n) is 14.6. The lowest BCUT2D eigenvalue weighted by Gasteiger charge is -2.13. The molecule has 3 aromatic rings. The number of anilines is 2. The van der Waals surface area contributed by atoms with Crippen LogP contribution < -0.4 is 10.0 Å². The van der Waals surface area contributed by atoms with Gasteiger partial charge in [0.05, 0.1) is 22.0 Å². The standard InChI is InChI=1S/C20H17ClN2O3S2/c21-15-10-12-16(13-11-15)27-14-20(24)22-18-8-4-5-9-19(18)23-28(25,26)17-6-2-1-3-7-17/h1-13,23H,14H2,(H,22,24). The Balaban J connectivity index is 1.68. The van der Waals surface area contributed by atoms with Gasteiger partial charge in [-0.2, -0.15) is 0 Å². The fourth-order valence-electron chi connectivity index (χ4n) is 2.35. The molecule has 0 bridgehead atoms. The van der Waals surface area contributed by atoms with Crippen molar-refractivity contribution in [2.24, 2.45) is 0 Å². The first-order chi connectivity index (χ1) is 13.4. The van der Waals surface area contributed by atoms with Gasteiger partial charge in [-0.05, 0) is 48.5 Å². The van der Waals surface area contributed by atoms with Crippen molar-refractivity contribution in [2.75, 3.05) is 15.8 Å². The summed E-state index contributed by atoms with van der Waals surface area (Å²) in [5, 5.41) is 3.39. The number of hydrogen-bond donors (Lipinski definition) is 2. The molecule has 1 amide bonds. The molecular formula is C20H17ClN2O3S2. The van der Waals surface area contributed by atoms with Crippen LogP contribution in [-0.2, 0) is 14.8 Å². The number of rotatable bonds is 7. The van der Waals surface area contributed by atoms with Crippen LogP contribution in [0, 0.1) is 0 Å². The summed E-state index contributed by atoms with van der Waals surface area (Å²) in [6.45, 7) is 0. The molecule has 0 fully saturated rings. The minimum atomic E-state index is -3.75. The van der Waals surface area contributed by atoms with E-state index in [0.29, 0.717) is 16.4 Å². The summed E-state index contributed by atoms with van der Waals surface area (Å²) in [7, 11) is -3.75. The van der Waals surface area contributed by atoms with Gasteiger partial charge in [-0.25, -0.2) is 8.42 Å². The average molecular weight is 433 g/mol. The Morgan fingerprint density at radius 3 is 2.14 bits per heavy atom. The lowest BCUT2D eigenvalue weighted by Crippen LogP contribution is -2.18. The second-order valence-electron chi connectivity index (χ2n) is 5.75. The number of sulfonamides is 1. The van der Waals surface area contributed by atoms with Crippen molar-refractivity contribution < 1.29 is 13.2 Å². The van der Waals surface area contributed by atoms with Gasteiger partial charge in [-0.1, -0.05) is 41.9 Å². The number of halogens is 1. The lowest BCUT2D eigenvalue weighted by atomic mass is 10.3. The van der Waals surface area contributed by atoms with Crippen molar-refractivity contribution in [3.63, 3.8) is 0 Å². The lowest BCUT2D eigenvalue weighted by molar-refractivity contribution is -0.113. The molecule has 5 nitrogen and oxygen atoms in total. The van der Waals surface area contributed by atoms with Crippen LogP contribution >= 0.6 is 23.4 Å². The Morgan fingerprint density at radius 1 is 0.857 bits per heavy atom. The van der Waals surface area contributed by atoms with E-state index in [0.717, 1.165) is 4.90 Å². The van der Waals surface area contributed by atoms with Gasteiger partial charge in [0.15, 0.2) is 0 Å². The van der Waals surface area contributed by atoms with Crippen molar-refractivity contribution in [3.8, 4) is 0 Å². The quantitative estimate of drug-likeness (QED) is 0.522. The maximum atomic E-state index is 12.5. The smallest absolute Gasteiger partial charge is 0.261 e. The third-order valence-electron chi connectivity index (χ3n) is 3.68. The molecule has 28 heavy (non-hydrogen) atoms. The number of amides is 1. The average Bonchev–Trinajstić information content (AvgIpc) is 2.69. The van der Waals surface area contributed by atoms with Gasteiger partial charge in [0, 0.05) is 9.92 Å². The van der Waals surface area contributed by atoms with Crippen LogP contribution in [0.25, 0.3) is 0 Å². The molecule has 3 rings (SSSR count). The molecule has 0 heterocycles. The topological polar surface area (TPSA) is 75.3 Å². The molecule has 0 saturated heterocycles. The Labute approximate surface area is 173 Å². The van der Waals surface area contributed by atoms with Crippen LogP contribution in [0.5, 0.6) is 0 Å². The minimum Gasteiger partial charge on any atom is -0.324 e. The number of carbonyl (C=O) groups excluding carboxylic acids is 1. The van der Waals surface area contributed by atoms with E-state index < -0.39 is 10.0 Å². The predicted molar refractivity (Wildman–Crippen MR) is 114 cm³/mol. The van der Waals surface area contributed by atoms with Gasteiger partial charge < -0.3 is 5.32 Å². The van der Waals surface area contributed by atoms with E-state index in [1.807, 2.05) is 12.1 Å². The number of carbonyl (C=O) groups is 1. The van der Waals surface area contributed by atoms with E-state index in [2.05, 4.69) is 10.0 Å². The summed E-state index contributed by atoms with van der Waals surface area (Å²) in [6.07, 6.45) is 0. The summed E-state index contributed by atoms with van der Waals surface area (Å²) in [5.74, 6) is -0.0622. The fourth-order valence-corrected chi connectivity index (χ4v) is 4.28. The van der Waals surface area contributed by atoms with E-state index >= 15 is 0 Å². The van der Waals surface area contributed by atoms with Crippen LogP contribution in [0.15, 0.2) is 88.7 Å². The van der Waals surface area contributed by atoms with Gasteiger partial charge >= 0.3 is 0 Å². The summed E-state index contributed by atoms with van der Waals surface area (Å²) in [4.78, 5) is 13.4. The summed E-state index contributed by atoms with van der Waals surface area (Å²) in [5.41, 5.74) is 0.694. The fraction of sp³-hybridized carbons (Fsp3) is 0.0500. The molecule has 0 spiro atoms. The van der Waals surface area contributed by atoms with Crippen molar-refractivity contribution in [2.45, 2.75) is 9.79 Å². The van der Waals surface area contributed by atoms with E-state index in [9.17, 15) is 13.2 Å². The Morgan fingerprint density at radius 2 is 1.46 bits per heavy atom. The van der Waals surface area contributed by atoms with Gasteiger partial charge in [-0.3, -0.25) is 9.52 Å². The normalized spacial score (nSPS) is 11.0. The highest BCUT2D eigenvalue weighted by atomic mass is 35.5. The summed E-state index contributed by atoms with van der Waals surface area (Å²) in [6, 6.07) is 21.9. The first kappa shape index (κ1) is 20.3. The van der Waals surface area contributed by atoms with Crippen LogP contribution in [-0.4, -0.2) is 20.1 Å². The molecule has 0 saturated carbocycles. The van der Waals surface area contributed by atoms with E-state index in [-0.39, 0.29) is 16.6 Å². The third-order valence-corrected chi connectivity index (χ3v) is 6.33. The Bertz CT molecular complexity index is 1060. The first-order valence-corrected chi connectivity index (χ1v) is 11.1. The molecule has 0 aliphatic rings. The van der Waals surface area contributed by atoms with Crippen LogP contribution in [0.3, 0.4) is 0 Å². The number of para-hydroxylation sites is 2. The zero-order chi connectivity index (χ0) is 20.0. The number of nitrogens with one attached hydrogen (secondary N) is 2. The molecule has 0 aliphatic heterocycles. The molecule has 0 atom stereocenters. The zero-order valence-corrected chi connectivity index (χ0v) is 17.0. The second-order valence-corrected chi connectivity index (χ2v) is 8.92. The van der Waals surface area contributed by atoms with Crippen LogP contribution in [0.4, 0.5) is 11.4 Å². The first-order valence-electron chi connectivity index (χ1n) is 8.29. The molecule has 8 heteroatoms. The number of hydrogen-bond acceptors (Lipinski definition) is 4. The number of benzene rings is 3. The Kier molecular flexibility index (Phi) is 6.61. The van der Waals surface area contributed by atoms with E-state index in [4.69, 9.17) is 11.6 Å². The molecule has 3 aromatic carbocycles. The molecule has 0 aliphatic carbocycles. The van der Waals surface area contributed by atoms with Gasteiger partial charge in [-0.15, -0.1) is 11.8 Å². The third kappa shape index (κ3) is 5.51. The van der Waals surface area contributed by atoms with Gasteiger partial charge in [0.2, 0.25) is 5.91 Å². The second kappa shape index (κ2) is 9.14. The maximum absolute atomic E-state index is 12.5. The largest absolute Gasteiger partial charge is 0.324 e. The highest BCUT2D eigenvalue weighted by Gasteiger charge is 2.16. The minimum absolute atomic E-state index is 0.148. The molecule has 0 aromatic heterocycles. The SMILES string of the molecule is O=C(CSc1ccc(Cl)cc1)Nc1ccccc1NS(=O)(=O)c1ccccc1. The monoisotopic (exact) mass is 432 g/mol. The summed E-state index contributed by atoms with van der Waals surface area (Å²) >= 11 is 7.21.